The number of thiocarbonyl (C=S) groups is 1. The molecule has 0 bridgehead atoms. The van der Waals surface area contributed by atoms with Crippen LogP contribution in [-0.2, 0) is 0 Å². The molecule has 0 aliphatic carbocycles. The normalized spacial score (nSPS) is 9.62. The molecule has 0 amide bonds. The first kappa shape index (κ1) is 12.8. The Labute approximate surface area is 102 Å². The van der Waals surface area contributed by atoms with Crippen molar-refractivity contribution < 1.29 is 4.74 Å². The molecule has 4 heteroatoms. The van der Waals surface area contributed by atoms with Gasteiger partial charge in [-0.25, -0.2) is 0 Å². The van der Waals surface area contributed by atoms with Crippen LogP contribution in [0.25, 0.3) is 0 Å². The second-order valence-corrected chi connectivity index (χ2v) is 3.86. The number of benzene rings is 1. The highest BCUT2D eigenvalue weighted by molar-refractivity contribution is 7.80. The molecule has 1 aromatic carbocycles. The summed E-state index contributed by atoms with van der Waals surface area (Å²) >= 11 is 5.03. The highest BCUT2D eigenvalue weighted by atomic mass is 32.1. The van der Waals surface area contributed by atoms with E-state index in [0.717, 1.165) is 12.3 Å². The van der Waals surface area contributed by atoms with Crippen LogP contribution in [0.4, 0.5) is 0 Å². The van der Waals surface area contributed by atoms with Gasteiger partial charge in [0.2, 0.25) is 0 Å². The van der Waals surface area contributed by atoms with E-state index in [4.69, 9.17) is 17.0 Å². The van der Waals surface area contributed by atoms with Gasteiger partial charge in [0.25, 0.3) is 0 Å². The van der Waals surface area contributed by atoms with Gasteiger partial charge in [0.05, 0.1) is 6.54 Å². The minimum Gasteiger partial charge on any atom is -0.492 e. The van der Waals surface area contributed by atoms with E-state index in [-0.39, 0.29) is 0 Å². The van der Waals surface area contributed by atoms with Gasteiger partial charge in [0.15, 0.2) is 5.11 Å². The Morgan fingerprint density at radius 1 is 1.38 bits per heavy atom. The highest BCUT2D eigenvalue weighted by Crippen LogP contribution is 2.11. The maximum absolute atomic E-state index is 5.57. The molecule has 0 unspecified atom stereocenters. The molecule has 0 atom stereocenters. The Bertz CT molecular complexity index is 342. The lowest BCUT2D eigenvalue weighted by Crippen LogP contribution is -2.37. The molecule has 0 radical (unpaired) electrons. The van der Waals surface area contributed by atoms with Gasteiger partial charge in [0.1, 0.15) is 12.4 Å². The second-order valence-electron chi connectivity index (χ2n) is 3.45. The van der Waals surface area contributed by atoms with Gasteiger partial charge in [-0.1, -0.05) is 12.1 Å². The third-order valence-corrected chi connectivity index (χ3v) is 2.27. The average molecular weight is 238 g/mol. The lowest BCUT2D eigenvalue weighted by atomic mass is 10.2. The third-order valence-electron chi connectivity index (χ3n) is 1.98. The summed E-state index contributed by atoms with van der Waals surface area (Å²) in [5.41, 5.74) is 1.20. The summed E-state index contributed by atoms with van der Waals surface area (Å²) in [4.78, 5) is 0. The largest absolute Gasteiger partial charge is 0.492 e. The van der Waals surface area contributed by atoms with Gasteiger partial charge in [-0.3, -0.25) is 0 Å². The van der Waals surface area contributed by atoms with Crippen molar-refractivity contribution in [3.05, 3.63) is 29.8 Å². The predicted octanol–water partition coefficient (Wildman–Crippen LogP) is 1.86. The van der Waals surface area contributed by atoms with Crippen LogP contribution in [0.2, 0.25) is 0 Å². The predicted molar refractivity (Wildman–Crippen MR) is 71.0 cm³/mol. The van der Waals surface area contributed by atoms with Crippen molar-refractivity contribution in [3.63, 3.8) is 0 Å². The van der Waals surface area contributed by atoms with Crippen molar-refractivity contribution in [2.75, 3.05) is 19.7 Å². The van der Waals surface area contributed by atoms with E-state index in [9.17, 15) is 0 Å². The van der Waals surface area contributed by atoms with E-state index < -0.39 is 0 Å². The summed E-state index contributed by atoms with van der Waals surface area (Å²) in [6, 6.07) is 8.00. The Morgan fingerprint density at radius 3 is 2.88 bits per heavy atom. The van der Waals surface area contributed by atoms with E-state index in [1.165, 1.54) is 5.56 Å². The zero-order valence-electron chi connectivity index (χ0n) is 9.75. The molecule has 0 fully saturated rings. The molecule has 3 nitrogen and oxygen atoms in total. The summed E-state index contributed by atoms with van der Waals surface area (Å²) in [6.45, 7) is 6.21. The zero-order chi connectivity index (χ0) is 11.8. The van der Waals surface area contributed by atoms with Crippen LogP contribution < -0.4 is 15.4 Å². The first-order chi connectivity index (χ1) is 7.72. The van der Waals surface area contributed by atoms with Gasteiger partial charge < -0.3 is 15.4 Å². The molecule has 0 aliphatic heterocycles. The molecular weight excluding hydrogens is 220 g/mol. The number of aryl methyl sites for hydroxylation is 1. The maximum Gasteiger partial charge on any atom is 0.166 e. The Hall–Kier alpha value is -1.29. The minimum absolute atomic E-state index is 0.606. The summed E-state index contributed by atoms with van der Waals surface area (Å²) in [7, 11) is 0. The molecule has 0 saturated heterocycles. The SMILES string of the molecule is CCNC(=S)NCCOc1cccc(C)c1. The van der Waals surface area contributed by atoms with Crippen LogP contribution in [0, 0.1) is 6.92 Å². The summed E-state index contributed by atoms with van der Waals surface area (Å²) < 4.78 is 5.57. The minimum atomic E-state index is 0.606. The molecular formula is C12H18N2OS. The Kier molecular flexibility index (Phi) is 5.64. The smallest absolute Gasteiger partial charge is 0.166 e. The van der Waals surface area contributed by atoms with Gasteiger partial charge >= 0.3 is 0 Å². The summed E-state index contributed by atoms with van der Waals surface area (Å²) in [5, 5.41) is 6.76. The van der Waals surface area contributed by atoms with Crippen LogP contribution in [0.1, 0.15) is 12.5 Å². The molecule has 0 heterocycles. The molecule has 2 N–H and O–H groups in total. The van der Waals surface area contributed by atoms with Crippen LogP contribution in [0.15, 0.2) is 24.3 Å². The monoisotopic (exact) mass is 238 g/mol. The molecule has 0 spiro atoms. The van der Waals surface area contributed by atoms with E-state index in [1.807, 2.05) is 38.1 Å². The first-order valence-electron chi connectivity index (χ1n) is 5.43. The zero-order valence-corrected chi connectivity index (χ0v) is 10.6. The van der Waals surface area contributed by atoms with Crippen LogP contribution in [-0.4, -0.2) is 24.8 Å². The van der Waals surface area contributed by atoms with E-state index in [0.29, 0.717) is 18.3 Å². The van der Waals surface area contributed by atoms with Crippen molar-refractivity contribution in [3.8, 4) is 5.75 Å². The van der Waals surface area contributed by atoms with Crippen molar-refractivity contribution in [1.29, 1.82) is 0 Å². The van der Waals surface area contributed by atoms with E-state index in [1.54, 1.807) is 0 Å². The fourth-order valence-corrected chi connectivity index (χ4v) is 1.51. The highest BCUT2D eigenvalue weighted by Gasteiger charge is 1.95. The van der Waals surface area contributed by atoms with Crippen LogP contribution >= 0.6 is 12.2 Å². The Morgan fingerprint density at radius 2 is 2.19 bits per heavy atom. The van der Waals surface area contributed by atoms with Gasteiger partial charge in [-0.05, 0) is 43.8 Å². The summed E-state index contributed by atoms with van der Waals surface area (Å²) in [5.74, 6) is 0.899. The quantitative estimate of drug-likeness (QED) is 0.606. The average Bonchev–Trinajstić information content (AvgIpc) is 2.25. The topological polar surface area (TPSA) is 33.3 Å². The molecule has 1 rings (SSSR count). The van der Waals surface area contributed by atoms with Crippen molar-refractivity contribution >= 4 is 17.3 Å². The van der Waals surface area contributed by atoms with Crippen LogP contribution in [0.3, 0.4) is 0 Å². The maximum atomic E-state index is 5.57. The Balaban J connectivity index is 2.18. The fraction of sp³-hybridized carbons (Fsp3) is 0.417. The van der Waals surface area contributed by atoms with Crippen molar-refractivity contribution in [2.45, 2.75) is 13.8 Å². The van der Waals surface area contributed by atoms with Gasteiger partial charge in [-0.2, -0.15) is 0 Å². The molecule has 16 heavy (non-hydrogen) atoms. The number of rotatable bonds is 5. The number of hydrogen-bond donors (Lipinski definition) is 2. The molecule has 0 aliphatic rings. The molecule has 0 aromatic heterocycles. The molecule has 88 valence electrons. The van der Waals surface area contributed by atoms with Crippen molar-refractivity contribution in [2.24, 2.45) is 0 Å². The number of ether oxygens (including phenoxy) is 1. The standard InChI is InChI=1S/C12H18N2OS/c1-3-13-12(16)14-7-8-15-11-6-4-5-10(2)9-11/h4-6,9H,3,7-8H2,1-2H3,(H2,13,14,16). The number of nitrogens with one attached hydrogen (secondary N) is 2. The molecule has 0 saturated carbocycles. The number of hydrogen-bond acceptors (Lipinski definition) is 2. The van der Waals surface area contributed by atoms with E-state index in [2.05, 4.69) is 10.6 Å². The van der Waals surface area contributed by atoms with Crippen LogP contribution in [0.5, 0.6) is 5.75 Å². The lowest BCUT2D eigenvalue weighted by Gasteiger charge is -2.10. The molecule has 1 aromatic rings. The van der Waals surface area contributed by atoms with Gasteiger partial charge in [0, 0.05) is 6.54 Å². The second kappa shape index (κ2) is 7.06. The summed E-state index contributed by atoms with van der Waals surface area (Å²) in [6.07, 6.45) is 0. The first-order valence-corrected chi connectivity index (χ1v) is 5.84. The van der Waals surface area contributed by atoms with Gasteiger partial charge in [-0.15, -0.1) is 0 Å². The van der Waals surface area contributed by atoms with Crippen molar-refractivity contribution in [1.82, 2.24) is 10.6 Å². The lowest BCUT2D eigenvalue weighted by molar-refractivity contribution is 0.322. The third kappa shape index (κ3) is 4.98. The van der Waals surface area contributed by atoms with E-state index >= 15 is 0 Å². The fourth-order valence-electron chi connectivity index (χ4n) is 1.26.